The molecule has 1 N–H and O–H groups in total. The number of amides is 1. The van der Waals surface area contributed by atoms with Gasteiger partial charge in [-0.05, 0) is 57.7 Å². The Morgan fingerprint density at radius 1 is 1.23 bits per heavy atom. The van der Waals surface area contributed by atoms with E-state index in [4.69, 9.17) is 26.2 Å². The van der Waals surface area contributed by atoms with Crippen LogP contribution in [-0.4, -0.2) is 64.1 Å². The van der Waals surface area contributed by atoms with Crippen LogP contribution in [0.1, 0.15) is 89.2 Å². The molecule has 2 aromatic rings. The Labute approximate surface area is 243 Å². The summed E-state index contributed by atoms with van der Waals surface area (Å²) in [6.45, 7) is 12.9. The van der Waals surface area contributed by atoms with Gasteiger partial charge in [-0.1, -0.05) is 44.2 Å². The molecule has 1 saturated heterocycles. The van der Waals surface area contributed by atoms with Crippen LogP contribution in [-0.2, 0) is 25.6 Å². The number of methoxy groups -OCH3 is 2. The highest BCUT2D eigenvalue weighted by molar-refractivity contribution is 6.30. The molecule has 222 valence electrons. The van der Waals surface area contributed by atoms with Gasteiger partial charge in [-0.3, -0.25) is 9.36 Å². The summed E-state index contributed by atoms with van der Waals surface area (Å²) in [6, 6.07) is 5.75. The molecule has 0 radical (unpaired) electrons. The van der Waals surface area contributed by atoms with Gasteiger partial charge in [-0.2, -0.15) is 0 Å². The Hall–Kier alpha value is -2.72. The number of likely N-dealkylation sites (tertiary alicyclic amines) is 1. The van der Waals surface area contributed by atoms with E-state index in [0.29, 0.717) is 35.5 Å². The van der Waals surface area contributed by atoms with Crippen molar-refractivity contribution >= 4 is 17.5 Å². The highest BCUT2D eigenvalue weighted by atomic mass is 35.5. The van der Waals surface area contributed by atoms with Gasteiger partial charge in [0, 0.05) is 30.8 Å². The maximum absolute atomic E-state index is 13.1. The van der Waals surface area contributed by atoms with E-state index in [2.05, 4.69) is 27.6 Å². The smallest absolute Gasteiger partial charge is 0.225 e. The normalized spacial score (nSPS) is 18.8. The predicted octanol–water partition coefficient (Wildman–Crippen LogP) is 6.10. The Kier molecular flexibility index (Phi) is 14.4. The summed E-state index contributed by atoms with van der Waals surface area (Å²) in [4.78, 5) is 15.0. The molecule has 0 bridgehead atoms. The van der Waals surface area contributed by atoms with Crippen LogP contribution in [0.4, 0.5) is 0 Å². The fourth-order valence-corrected chi connectivity index (χ4v) is 4.71. The van der Waals surface area contributed by atoms with Gasteiger partial charge in [0.15, 0.2) is 11.6 Å². The Morgan fingerprint density at radius 3 is 2.50 bits per heavy atom. The van der Waals surface area contributed by atoms with Crippen molar-refractivity contribution < 1.29 is 24.1 Å². The number of carbonyl (C=O) groups excluding carboxylic acids is 1. The second-order valence-electron chi connectivity index (χ2n) is 9.36. The largest absolute Gasteiger partial charge is 0.499 e. The molecule has 0 saturated carbocycles. The third-order valence-electron chi connectivity index (χ3n) is 6.61. The number of carbonyl (C=O) groups is 1. The molecule has 1 aromatic carbocycles. The van der Waals surface area contributed by atoms with Crippen LogP contribution in [0.25, 0.3) is 5.69 Å². The van der Waals surface area contributed by atoms with Crippen molar-refractivity contribution in [1.82, 2.24) is 19.7 Å². The second-order valence-corrected chi connectivity index (χ2v) is 9.79. The van der Waals surface area contributed by atoms with Gasteiger partial charge in [0.25, 0.3) is 0 Å². The van der Waals surface area contributed by atoms with Crippen LogP contribution in [0.3, 0.4) is 0 Å². The Bertz CT molecular complexity index is 1110. The van der Waals surface area contributed by atoms with Gasteiger partial charge >= 0.3 is 0 Å². The first-order chi connectivity index (χ1) is 19.3. The summed E-state index contributed by atoms with van der Waals surface area (Å²) in [7, 11) is 3.11. The van der Waals surface area contributed by atoms with Gasteiger partial charge in [-0.25, -0.2) is 0 Å². The summed E-state index contributed by atoms with van der Waals surface area (Å²) >= 11 is 6.35. The number of ether oxygens (including phenoxy) is 3. The average Bonchev–Trinajstić information content (AvgIpc) is 3.34. The van der Waals surface area contributed by atoms with Crippen molar-refractivity contribution in [2.75, 3.05) is 27.3 Å². The summed E-state index contributed by atoms with van der Waals surface area (Å²) in [5.74, 6) is 1.80. The first-order valence-corrected chi connectivity index (χ1v) is 14.4. The Balaban J connectivity index is 0.000000545. The van der Waals surface area contributed by atoms with E-state index in [1.54, 1.807) is 14.0 Å². The van der Waals surface area contributed by atoms with Crippen molar-refractivity contribution in [3.8, 4) is 5.69 Å². The molecule has 3 atom stereocenters. The zero-order chi connectivity index (χ0) is 29.7. The average molecular weight is 577 g/mol. The first-order valence-electron chi connectivity index (χ1n) is 14.0. The molecule has 10 heteroatoms. The van der Waals surface area contributed by atoms with Crippen LogP contribution < -0.4 is 0 Å². The van der Waals surface area contributed by atoms with E-state index in [1.807, 2.05) is 54.5 Å². The molecule has 40 heavy (non-hydrogen) atoms. The predicted molar refractivity (Wildman–Crippen MR) is 157 cm³/mol. The molecule has 0 aliphatic carbocycles. The number of piperidine rings is 1. The number of fused-ring (bicyclic) bond motifs is 3. The monoisotopic (exact) mass is 576 g/mol. The maximum Gasteiger partial charge on any atom is 0.225 e. The fourth-order valence-electron chi connectivity index (χ4n) is 4.53. The van der Waals surface area contributed by atoms with E-state index in [9.17, 15) is 4.79 Å². The lowest BCUT2D eigenvalue weighted by molar-refractivity contribution is -0.137. The lowest BCUT2D eigenvalue weighted by Crippen LogP contribution is -2.36. The standard InChI is InChI=1S/C23H29ClN4O3.C5H10O2.C2H6/c1-3-4-8-19-17-13-16(24)9-10-18(17)28-21(15-30-2)25-26-23(28)20(31-19)14-22(29)27-11-6-5-7-12-27;1-4(6)5(2)7-3;1-2/h3-4,9-10,13,19-20H,5-8,11-12,14-15H2,1-2H3;4,6H,2H2,1,3H3;1-2H3/b4-3-;;. The van der Waals surface area contributed by atoms with Crippen LogP contribution in [0.5, 0.6) is 0 Å². The SMILES string of the molecule is C/C=C\CC1OC(CC(=O)N2CCCCC2)c2nnc(COC)n2-c2ccc(Cl)cc21.C=C(OC)C(C)O.CC. The van der Waals surface area contributed by atoms with Gasteiger partial charge in [0.2, 0.25) is 5.91 Å². The minimum absolute atomic E-state index is 0.0984. The summed E-state index contributed by atoms with van der Waals surface area (Å²) in [6.07, 6.45) is 6.97. The van der Waals surface area contributed by atoms with E-state index >= 15 is 0 Å². The van der Waals surface area contributed by atoms with Crippen molar-refractivity contribution in [3.63, 3.8) is 0 Å². The molecule has 1 aromatic heterocycles. The van der Waals surface area contributed by atoms with Crippen molar-refractivity contribution in [3.05, 3.63) is 64.9 Å². The number of benzene rings is 1. The summed E-state index contributed by atoms with van der Waals surface area (Å²) < 4.78 is 18.4. The van der Waals surface area contributed by atoms with Crippen LogP contribution >= 0.6 is 11.6 Å². The van der Waals surface area contributed by atoms with Crippen molar-refractivity contribution in [2.24, 2.45) is 0 Å². The lowest BCUT2D eigenvalue weighted by atomic mass is 10.0. The molecular weight excluding hydrogens is 532 g/mol. The third kappa shape index (κ3) is 8.89. The molecule has 9 nitrogen and oxygen atoms in total. The lowest BCUT2D eigenvalue weighted by Gasteiger charge is -2.28. The minimum Gasteiger partial charge on any atom is -0.499 e. The summed E-state index contributed by atoms with van der Waals surface area (Å²) in [5, 5.41) is 18.0. The molecule has 1 amide bonds. The fraction of sp³-hybridized carbons (Fsp3) is 0.567. The Morgan fingerprint density at radius 2 is 1.93 bits per heavy atom. The van der Waals surface area contributed by atoms with E-state index in [1.165, 1.54) is 13.5 Å². The van der Waals surface area contributed by atoms with E-state index in [0.717, 1.165) is 37.2 Å². The van der Waals surface area contributed by atoms with Crippen LogP contribution in [0.15, 0.2) is 42.7 Å². The van der Waals surface area contributed by atoms with E-state index in [-0.39, 0.29) is 18.4 Å². The van der Waals surface area contributed by atoms with Crippen LogP contribution in [0.2, 0.25) is 5.02 Å². The molecule has 2 aliphatic heterocycles. The molecular formula is C30H45ClN4O5. The van der Waals surface area contributed by atoms with Gasteiger partial charge in [0.1, 0.15) is 24.6 Å². The molecule has 0 spiro atoms. The maximum atomic E-state index is 13.1. The van der Waals surface area contributed by atoms with Crippen molar-refractivity contribution in [2.45, 2.75) is 84.7 Å². The van der Waals surface area contributed by atoms with E-state index < -0.39 is 12.2 Å². The number of rotatable bonds is 8. The first kappa shape index (κ1) is 33.5. The number of nitrogens with zero attached hydrogens (tertiary/aromatic N) is 4. The van der Waals surface area contributed by atoms with Crippen LogP contribution in [0, 0.1) is 0 Å². The minimum atomic E-state index is -0.551. The van der Waals surface area contributed by atoms with Gasteiger partial charge in [-0.15, -0.1) is 10.2 Å². The quantitative estimate of drug-likeness (QED) is 0.299. The second kappa shape index (κ2) is 17.2. The highest BCUT2D eigenvalue weighted by Gasteiger charge is 2.35. The highest BCUT2D eigenvalue weighted by Crippen LogP contribution is 2.40. The number of aromatic nitrogens is 3. The van der Waals surface area contributed by atoms with Crippen molar-refractivity contribution in [1.29, 1.82) is 0 Å². The molecule has 2 aliphatic rings. The number of aliphatic hydroxyl groups is 1. The molecule has 3 unspecified atom stereocenters. The summed E-state index contributed by atoms with van der Waals surface area (Å²) in [5.41, 5.74) is 1.87. The third-order valence-corrected chi connectivity index (χ3v) is 6.84. The molecule has 4 rings (SSSR count). The number of halogens is 1. The number of hydrogen-bond donors (Lipinski definition) is 1. The molecule has 3 heterocycles. The zero-order valence-electron chi connectivity index (χ0n) is 24.7. The van der Waals surface area contributed by atoms with Gasteiger partial charge in [0.05, 0.1) is 25.3 Å². The molecule has 1 fully saturated rings. The number of aliphatic hydroxyl groups excluding tert-OH is 1. The van der Waals surface area contributed by atoms with Gasteiger partial charge < -0.3 is 24.2 Å². The number of allylic oxidation sites excluding steroid dienone is 1. The topological polar surface area (TPSA) is 98.9 Å². The number of hydrogen-bond acceptors (Lipinski definition) is 7. The zero-order valence-corrected chi connectivity index (χ0v) is 25.5.